The fourth-order valence-electron chi connectivity index (χ4n) is 2.38. The normalized spacial score (nSPS) is 14.0. The van der Waals surface area contributed by atoms with Crippen molar-refractivity contribution in [3.63, 3.8) is 0 Å². The van der Waals surface area contributed by atoms with Crippen molar-refractivity contribution in [3.05, 3.63) is 54.1 Å². The lowest BCUT2D eigenvalue weighted by Gasteiger charge is -2.12. The molecule has 0 radical (unpaired) electrons. The van der Waals surface area contributed by atoms with Crippen molar-refractivity contribution < 1.29 is 17.9 Å². The van der Waals surface area contributed by atoms with Crippen LogP contribution in [0.2, 0.25) is 0 Å². The van der Waals surface area contributed by atoms with Gasteiger partial charge < -0.3 is 10.1 Å². The zero-order chi connectivity index (χ0) is 18.6. The largest absolute Gasteiger partial charge is 0.491 e. The minimum atomic E-state index is -3.52. The van der Waals surface area contributed by atoms with E-state index in [0.29, 0.717) is 23.6 Å². The predicted octanol–water partition coefficient (Wildman–Crippen LogP) is 3.17. The van der Waals surface area contributed by atoms with Crippen LogP contribution in [0.5, 0.6) is 5.75 Å². The molecule has 0 atom stereocenters. The highest BCUT2D eigenvalue weighted by Crippen LogP contribution is 2.25. The molecule has 0 saturated heterocycles. The summed E-state index contributed by atoms with van der Waals surface area (Å²) in [5, 5.41) is 2.81. The first kappa shape index (κ1) is 18.4. The lowest BCUT2D eigenvalue weighted by Crippen LogP contribution is -2.25. The second-order valence-corrected chi connectivity index (χ2v) is 7.93. The van der Waals surface area contributed by atoms with Crippen molar-refractivity contribution in [1.29, 1.82) is 0 Å². The molecule has 0 aromatic heterocycles. The van der Waals surface area contributed by atoms with Crippen LogP contribution in [0.25, 0.3) is 0 Å². The maximum Gasteiger partial charge on any atom is 0.255 e. The van der Waals surface area contributed by atoms with Gasteiger partial charge in [0.15, 0.2) is 0 Å². The van der Waals surface area contributed by atoms with Crippen molar-refractivity contribution in [3.8, 4) is 5.75 Å². The fourth-order valence-corrected chi connectivity index (χ4v) is 3.68. The van der Waals surface area contributed by atoms with Gasteiger partial charge >= 0.3 is 0 Å². The number of ether oxygens (including phenoxy) is 1. The summed E-state index contributed by atoms with van der Waals surface area (Å²) in [4.78, 5) is 12.6. The van der Waals surface area contributed by atoms with Gasteiger partial charge in [-0.15, -0.1) is 0 Å². The number of benzene rings is 2. The van der Waals surface area contributed by atoms with Gasteiger partial charge in [0.2, 0.25) is 10.0 Å². The Morgan fingerprint density at radius 3 is 2.46 bits per heavy atom. The van der Waals surface area contributed by atoms with Gasteiger partial charge in [-0.2, -0.15) is 0 Å². The minimum absolute atomic E-state index is 0.0441. The van der Waals surface area contributed by atoms with Crippen LogP contribution in [-0.2, 0) is 10.0 Å². The fraction of sp³-hybridized carbons (Fsp3) is 0.316. The number of anilines is 1. The molecule has 7 heteroatoms. The Hall–Kier alpha value is -2.38. The lowest BCUT2D eigenvalue weighted by molar-refractivity contribution is 0.102. The molecular weight excluding hydrogens is 352 g/mol. The number of sulfonamides is 1. The number of carbonyl (C=O) groups is 1. The smallest absolute Gasteiger partial charge is 0.255 e. The summed E-state index contributed by atoms with van der Waals surface area (Å²) < 4.78 is 32.6. The molecule has 26 heavy (non-hydrogen) atoms. The zero-order valence-electron chi connectivity index (χ0n) is 14.6. The van der Waals surface area contributed by atoms with E-state index in [1.807, 2.05) is 19.1 Å². The van der Waals surface area contributed by atoms with E-state index in [0.717, 1.165) is 19.3 Å². The third-order valence-electron chi connectivity index (χ3n) is 3.92. The zero-order valence-corrected chi connectivity index (χ0v) is 15.4. The molecule has 0 heterocycles. The third-order valence-corrected chi connectivity index (χ3v) is 5.46. The number of carbonyl (C=O) groups excluding carboxylic acids is 1. The van der Waals surface area contributed by atoms with E-state index in [9.17, 15) is 13.2 Å². The van der Waals surface area contributed by atoms with E-state index in [1.54, 1.807) is 12.1 Å². The van der Waals surface area contributed by atoms with Crippen LogP contribution in [0.1, 0.15) is 36.5 Å². The Bertz CT molecular complexity index is 875. The molecule has 3 rings (SSSR count). The predicted molar refractivity (Wildman–Crippen MR) is 100.0 cm³/mol. The van der Waals surface area contributed by atoms with Crippen molar-refractivity contribution in [1.82, 2.24) is 4.72 Å². The molecule has 0 bridgehead atoms. The Balaban J connectivity index is 1.71. The highest BCUT2D eigenvalue weighted by atomic mass is 32.2. The number of hydrogen-bond donors (Lipinski definition) is 2. The summed E-state index contributed by atoms with van der Waals surface area (Å²) in [5.74, 6) is 0.284. The first-order valence-corrected chi connectivity index (χ1v) is 10.1. The Morgan fingerprint density at radius 1 is 1.12 bits per heavy atom. The Morgan fingerprint density at radius 2 is 1.81 bits per heavy atom. The summed E-state index contributed by atoms with van der Waals surface area (Å²) >= 11 is 0. The van der Waals surface area contributed by atoms with Gasteiger partial charge in [-0.1, -0.05) is 19.1 Å². The summed E-state index contributed by atoms with van der Waals surface area (Å²) in [6, 6.07) is 13.2. The lowest BCUT2D eigenvalue weighted by atomic mass is 10.2. The first-order chi connectivity index (χ1) is 12.5. The molecule has 1 saturated carbocycles. The number of para-hydroxylation sites is 2. The maximum atomic E-state index is 12.5. The molecule has 0 spiro atoms. The van der Waals surface area contributed by atoms with Crippen LogP contribution in [0, 0.1) is 0 Å². The Labute approximate surface area is 153 Å². The van der Waals surface area contributed by atoms with Crippen LogP contribution < -0.4 is 14.8 Å². The number of nitrogens with one attached hydrogen (secondary N) is 2. The van der Waals surface area contributed by atoms with Gasteiger partial charge in [-0.3, -0.25) is 4.79 Å². The van der Waals surface area contributed by atoms with E-state index in [2.05, 4.69) is 10.0 Å². The topological polar surface area (TPSA) is 84.5 Å². The van der Waals surface area contributed by atoms with E-state index < -0.39 is 10.0 Å². The summed E-state index contributed by atoms with van der Waals surface area (Å²) in [6.07, 6.45) is 2.62. The number of rotatable bonds is 8. The summed E-state index contributed by atoms with van der Waals surface area (Å²) in [5.41, 5.74) is 0.957. The van der Waals surface area contributed by atoms with Gasteiger partial charge in [0.25, 0.3) is 5.91 Å². The second-order valence-electron chi connectivity index (χ2n) is 6.22. The molecule has 1 aliphatic carbocycles. The molecule has 1 aliphatic rings. The van der Waals surface area contributed by atoms with E-state index in [-0.39, 0.29) is 16.8 Å². The molecular formula is C19H22N2O4S. The van der Waals surface area contributed by atoms with E-state index >= 15 is 0 Å². The molecule has 1 fully saturated rings. The minimum Gasteiger partial charge on any atom is -0.491 e. The third kappa shape index (κ3) is 4.62. The molecule has 6 nitrogen and oxygen atoms in total. The molecule has 0 unspecified atom stereocenters. The van der Waals surface area contributed by atoms with Crippen LogP contribution in [0.3, 0.4) is 0 Å². The number of amides is 1. The highest BCUT2D eigenvalue weighted by Gasteiger charge is 2.28. The molecule has 2 aromatic rings. The molecule has 2 N–H and O–H groups in total. The summed E-state index contributed by atoms with van der Waals surface area (Å²) in [6.45, 7) is 2.57. The standard InChI is InChI=1S/C19H22N2O4S/c1-2-13-25-18-6-4-3-5-17(18)20-19(22)14-7-11-16(12-8-14)26(23,24)21-15-9-10-15/h3-8,11-12,15,21H,2,9-10,13H2,1H3,(H,20,22). The SMILES string of the molecule is CCCOc1ccccc1NC(=O)c1ccc(S(=O)(=O)NC2CC2)cc1. The maximum absolute atomic E-state index is 12.5. The van der Waals surface area contributed by atoms with Gasteiger partial charge in [0.05, 0.1) is 17.2 Å². The van der Waals surface area contributed by atoms with Gasteiger partial charge in [-0.05, 0) is 55.7 Å². The van der Waals surface area contributed by atoms with Gasteiger partial charge in [0.1, 0.15) is 5.75 Å². The quantitative estimate of drug-likeness (QED) is 0.743. The van der Waals surface area contributed by atoms with Crippen molar-refractivity contribution in [2.24, 2.45) is 0 Å². The van der Waals surface area contributed by atoms with Gasteiger partial charge in [0, 0.05) is 11.6 Å². The highest BCUT2D eigenvalue weighted by molar-refractivity contribution is 7.89. The molecule has 138 valence electrons. The monoisotopic (exact) mass is 374 g/mol. The Kier molecular flexibility index (Phi) is 5.58. The van der Waals surface area contributed by atoms with Gasteiger partial charge in [-0.25, -0.2) is 13.1 Å². The first-order valence-electron chi connectivity index (χ1n) is 8.65. The van der Waals surface area contributed by atoms with Crippen LogP contribution in [0.4, 0.5) is 5.69 Å². The summed E-state index contributed by atoms with van der Waals surface area (Å²) in [7, 11) is -3.52. The van der Waals surface area contributed by atoms with Crippen LogP contribution in [0.15, 0.2) is 53.4 Å². The molecule has 2 aromatic carbocycles. The van der Waals surface area contributed by atoms with E-state index in [1.165, 1.54) is 24.3 Å². The average molecular weight is 374 g/mol. The van der Waals surface area contributed by atoms with Crippen LogP contribution >= 0.6 is 0 Å². The second kappa shape index (κ2) is 7.88. The number of hydrogen-bond acceptors (Lipinski definition) is 4. The van der Waals surface area contributed by atoms with Crippen molar-refractivity contribution >= 4 is 21.6 Å². The average Bonchev–Trinajstić information content (AvgIpc) is 3.44. The van der Waals surface area contributed by atoms with Crippen LogP contribution in [-0.4, -0.2) is 27.0 Å². The molecule has 0 aliphatic heterocycles. The van der Waals surface area contributed by atoms with Crippen molar-refractivity contribution in [2.75, 3.05) is 11.9 Å². The van der Waals surface area contributed by atoms with E-state index in [4.69, 9.17) is 4.74 Å². The molecule has 1 amide bonds. The van der Waals surface area contributed by atoms with Crippen molar-refractivity contribution in [2.45, 2.75) is 37.1 Å².